The summed E-state index contributed by atoms with van der Waals surface area (Å²) in [5, 5.41) is 19.8. The van der Waals surface area contributed by atoms with Crippen molar-refractivity contribution < 1.29 is 24.5 Å². The van der Waals surface area contributed by atoms with Crippen LogP contribution in [0.4, 0.5) is 4.79 Å². The van der Waals surface area contributed by atoms with Crippen molar-refractivity contribution >= 4 is 12.1 Å². The van der Waals surface area contributed by atoms with Crippen LogP contribution in [0.3, 0.4) is 0 Å². The molecule has 1 saturated heterocycles. The second-order valence-electron chi connectivity index (χ2n) is 6.25. The zero-order valence-electron chi connectivity index (χ0n) is 12.5. The summed E-state index contributed by atoms with van der Waals surface area (Å²) in [6.07, 6.45) is 5.54. The number of amides is 1. The van der Waals surface area contributed by atoms with Crippen molar-refractivity contribution in [1.29, 1.82) is 0 Å². The van der Waals surface area contributed by atoms with Crippen LogP contribution >= 0.6 is 0 Å². The third kappa shape index (κ3) is 3.37. The van der Waals surface area contributed by atoms with Gasteiger partial charge >= 0.3 is 12.1 Å². The van der Waals surface area contributed by atoms with Crippen molar-refractivity contribution in [2.45, 2.75) is 50.4 Å². The summed E-state index contributed by atoms with van der Waals surface area (Å²) in [6.45, 7) is 8.24. The third-order valence-electron chi connectivity index (χ3n) is 3.28. The first-order valence-corrected chi connectivity index (χ1v) is 6.55. The molecule has 0 aromatic heterocycles. The summed E-state index contributed by atoms with van der Waals surface area (Å²) in [4.78, 5) is 25.0. The summed E-state index contributed by atoms with van der Waals surface area (Å²) in [5.41, 5.74) is -4.13. The molecule has 0 unspecified atom stereocenters. The van der Waals surface area contributed by atoms with Crippen LogP contribution in [0.2, 0.25) is 0 Å². The second kappa shape index (κ2) is 5.41. The van der Waals surface area contributed by atoms with Crippen LogP contribution in [-0.4, -0.2) is 50.5 Å². The number of likely N-dealkylation sites (tertiary alicyclic amines) is 1. The number of hydrogen-bond acceptors (Lipinski definition) is 4. The number of rotatable bonds is 3. The van der Waals surface area contributed by atoms with Crippen molar-refractivity contribution in [2.24, 2.45) is 0 Å². The van der Waals surface area contributed by atoms with Crippen molar-refractivity contribution in [3.63, 3.8) is 0 Å². The Morgan fingerprint density at radius 3 is 2.48 bits per heavy atom. The predicted molar refractivity (Wildman–Crippen MR) is 76.5 cm³/mol. The van der Waals surface area contributed by atoms with Gasteiger partial charge in [0.25, 0.3) is 0 Å². The van der Waals surface area contributed by atoms with Crippen LogP contribution in [0.5, 0.6) is 0 Å². The van der Waals surface area contributed by atoms with E-state index in [0.29, 0.717) is 0 Å². The van der Waals surface area contributed by atoms with Crippen LogP contribution in [0, 0.1) is 12.3 Å². The molecule has 6 nitrogen and oxygen atoms in total. The van der Waals surface area contributed by atoms with Crippen LogP contribution in [0.1, 0.15) is 33.6 Å². The van der Waals surface area contributed by atoms with Crippen molar-refractivity contribution in [1.82, 2.24) is 4.90 Å². The molecule has 2 atom stereocenters. The molecule has 0 radical (unpaired) electrons. The van der Waals surface area contributed by atoms with Crippen LogP contribution in [0.15, 0.2) is 12.7 Å². The predicted octanol–water partition coefficient (Wildman–Crippen LogP) is 1.39. The lowest BCUT2D eigenvalue weighted by molar-refractivity contribution is -0.149. The molecule has 0 aliphatic carbocycles. The first kappa shape index (κ1) is 17.1. The zero-order valence-corrected chi connectivity index (χ0v) is 12.5. The Bertz CT molecular complexity index is 501. The number of aliphatic carboxylic acids is 1. The number of ether oxygens (including phenoxy) is 1. The lowest BCUT2D eigenvalue weighted by Crippen LogP contribution is -2.54. The minimum absolute atomic E-state index is 0.0361. The summed E-state index contributed by atoms with van der Waals surface area (Å²) < 4.78 is 5.22. The summed E-state index contributed by atoms with van der Waals surface area (Å²) in [5.74, 6) is 0.914. The minimum atomic E-state index is -1.70. The highest BCUT2D eigenvalue weighted by Crippen LogP contribution is 2.39. The monoisotopic (exact) mass is 295 g/mol. The van der Waals surface area contributed by atoms with Gasteiger partial charge in [-0.25, -0.2) is 9.59 Å². The molecular weight excluding hydrogens is 274 g/mol. The molecule has 1 aliphatic rings. The molecular formula is C15H21NO5. The van der Waals surface area contributed by atoms with Crippen LogP contribution in [0.25, 0.3) is 0 Å². The maximum absolute atomic E-state index is 12.3. The Kier molecular flexibility index (Phi) is 4.40. The molecule has 1 fully saturated rings. The Morgan fingerprint density at radius 2 is 2.10 bits per heavy atom. The van der Waals surface area contributed by atoms with E-state index in [9.17, 15) is 19.8 Å². The normalized spacial score (nSPS) is 28.8. The number of terminal acetylenes is 1. The SMILES string of the molecule is C#C[C@@]1(O)CN(C(=O)OC(C)(C)C)[C@@](CC=C)(C(=O)O)C1. The van der Waals surface area contributed by atoms with Gasteiger partial charge in [-0.3, -0.25) is 4.90 Å². The van der Waals surface area contributed by atoms with Gasteiger partial charge < -0.3 is 14.9 Å². The minimum Gasteiger partial charge on any atom is -0.479 e. The molecule has 0 spiro atoms. The molecule has 1 rings (SSSR count). The lowest BCUT2D eigenvalue weighted by atomic mass is 9.87. The van der Waals surface area contributed by atoms with Gasteiger partial charge in [0.05, 0.1) is 6.54 Å². The van der Waals surface area contributed by atoms with E-state index in [4.69, 9.17) is 11.2 Å². The molecule has 6 heteroatoms. The zero-order chi connectivity index (χ0) is 16.5. The first-order valence-electron chi connectivity index (χ1n) is 6.55. The summed E-state index contributed by atoms with van der Waals surface area (Å²) in [7, 11) is 0. The largest absolute Gasteiger partial charge is 0.479 e. The van der Waals surface area contributed by atoms with Gasteiger partial charge in [0.15, 0.2) is 5.54 Å². The van der Waals surface area contributed by atoms with E-state index in [-0.39, 0.29) is 19.4 Å². The quantitative estimate of drug-likeness (QED) is 0.607. The van der Waals surface area contributed by atoms with E-state index in [1.165, 1.54) is 6.08 Å². The van der Waals surface area contributed by atoms with E-state index in [0.717, 1.165) is 4.90 Å². The summed E-state index contributed by atoms with van der Waals surface area (Å²) in [6, 6.07) is 0. The molecule has 1 amide bonds. The molecule has 116 valence electrons. The van der Waals surface area contributed by atoms with Gasteiger partial charge in [-0.2, -0.15) is 0 Å². The Hall–Kier alpha value is -2.00. The van der Waals surface area contributed by atoms with E-state index in [1.807, 2.05) is 0 Å². The molecule has 0 bridgehead atoms. The van der Waals surface area contributed by atoms with Gasteiger partial charge in [-0.15, -0.1) is 13.0 Å². The highest BCUT2D eigenvalue weighted by molar-refractivity contribution is 5.86. The number of carboxylic acids is 1. The fourth-order valence-corrected chi connectivity index (χ4v) is 2.40. The van der Waals surface area contributed by atoms with Gasteiger partial charge in [0, 0.05) is 6.42 Å². The number of β-amino-alcohol motifs (C(OH)–C–C–N with tert-alkyl or cyclic N) is 1. The number of carbonyl (C=O) groups is 2. The number of carboxylic acid groups (broad SMARTS) is 1. The molecule has 0 saturated carbocycles. The van der Waals surface area contributed by atoms with E-state index in [2.05, 4.69) is 12.5 Å². The van der Waals surface area contributed by atoms with E-state index >= 15 is 0 Å². The van der Waals surface area contributed by atoms with Gasteiger partial charge in [-0.05, 0) is 27.2 Å². The second-order valence-corrected chi connectivity index (χ2v) is 6.25. The average Bonchev–Trinajstić information content (AvgIpc) is 2.63. The molecule has 21 heavy (non-hydrogen) atoms. The average molecular weight is 295 g/mol. The molecule has 1 heterocycles. The fraction of sp³-hybridized carbons (Fsp3) is 0.600. The smallest absolute Gasteiger partial charge is 0.411 e. The highest BCUT2D eigenvalue weighted by Gasteiger charge is 2.59. The number of carbonyl (C=O) groups excluding carboxylic acids is 1. The first-order chi connectivity index (χ1) is 9.49. The highest BCUT2D eigenvalue weighted by atomic mass is 16.6. The van der Waals surface area contributed by atoms with E-state index in [1.54, 1.807) is 20.8 Å². The molecule has 0 aromatic rings. The maximum atomic E-state index is 12.3. The molecule has 1 aliphatic heterocycles. The number of aliphatic hydroxyl groups is 1. The van der Waals surface area contributed by atoms with Crippen molar-refractivity contribution in [3.8, 4) is 12.3 Å². The van der Waals surface area contributed by atoms with Gasteiger partial charge in [0.1, 0.15) is 11.2 Å². The topological polar surface area (TPSA) is 87.1 Å². The van der Waals surface area contributed by atoms with Crippen molar-refractivity contribution in [3.05, 3.63) is 12.7 Å². The standard InChI is InChI=1S/C15H21NO5/c1-6-8-15(11(17)18)9-14(20,7-2)10-16(15)12(19)21-13(3,4)5/h2,6,20H,1,8-10H2,3-5H3,(H,17,18)/t14-,15+/m0/s1. The fourth-order valence-electron chi connectivity index (χ4n) is 2.40. The number of hydrogen-bond donors (Lipinski definition) is 2. The lowest BCUT2D eigenvalue weighted by Gasteiger charge is -2.34. The Labute approximate surface area is 124 Å². The van der Waals surface area contributed by atoms with E-state index < -0.39 is 28.8 Å². The Balaban J connectivity index is 3.24. The third-order valence-corrected chi connectivity index (χ3v) is 3.28. The maximum Gasteiger partial charge on any atom is 0.411 e. The molecule has 0 aromatic carbocycles. The van der Waals surface area contributed by atoms with Gasteiger partial charge in [0.2, 0.25) is 0 Å². The molecule has 2 N–H and O–H groups in total. The Morgan fingerprint density at radius 1 is 1.52 bits per heavy atom. The van der Waals surface area contributed by atoms with Crippen LogP contribution in [-0.2, 0) is 9.53 Å². The van der Waals surface area contributed by atoms with Gasteiger partial charge in [-0.1, -0.05) is 12.0 Å². The van der Waals surface area contributed by atoms with Crippen LogP contribution < -0.4 is 0 Å². The summed E-state index contributed by atoms with van der Waals surface area (Å²) >= 11 is 0. The number of nitrogens with zero attached hydrogens (tertiary/aromatic N) is 1. The van der Waals surface area contributed by atoms with Crippen molar-refractivity contribution in [2.75, 3.05) is 6.54 Å².